The van der Waals surface area contributed by atoms with Crippen LogP contribution in [0.25, 0.3) is 0 Å². The third-order valence-electron chi connectivity index (χ3n) is 3.90. The molecule has 1 saturated heterocycles. The second kappa shape index (κ2) is 8.00. The molecule has 0 aromatic carbocycles. The van der Waals surface area contributed by atoms with Crippen molar-refractivity contribution in [3.05, 3.63) is 0 Å². The van der Waals surface area contributed by atoms with E-state index in [9.17, 15) is 4.79 Å². The number of hydrogen-bond donors (Lipinski definition) is 1. The SMILES string of the molecule is CC1OC(C)C(C(=O)NCCCCCCCl)C1C. The van der Waals surface area contributed by atoms with Gasteiger partial charge in [0.1, 0.15) is 0 Å². The fourth-order valence-corrected chi connectivity index (χ4v) is 2.81. The first-order valence-electron chi connectivity index (χ1n) is 7.07. The molecule has 1 aliphatic heterocycles. The lowest BCUT2D eigenvalue weighted by molar-refractivity contribution is -0.127. The second-order valence-electron chi connectivity index (χ2n) is 5.33. The van der Waals surface area contributed by atoms with Gasteiger partial charge < -0.3 is 10.1 Å². The largest absolute Gasteiger partial charge is 0.374 e. The summed E-state index contributed by atoms with van der Waals surface area (Å²) < 4.78 is 5.69. The number of nitrogens with one attached hydrogen (secondary N) is 1. The highest BCUT2D eigenvalue weighted by Crippen LogP contribution is 2.32. The van der Waals surface area contributed by atoms with E-state index in [0.29, 0.717) is 5.92 Å². The number of carbonyl (C=O) groups excluding carboxylic acids is 1. The number of ether oxygens (including phenoxy) is 1. The average Bonchev–Trinajstić information content (AvgIpc) is 2.58. The summed E-state index contributed by atoms with van der Waals surface area (Å²) in [6.45, 7) is 6.90. The van der Waals surface area contributed by atoms with Gasteiger partial charge in [-0.05, 0) is 32.6 Å². The summed E-state index contributed by atoms with van der Waals surface area (Å²) in [6.07, 6.45) is 4.60. The monoisotopic (exact) mass is 275 g/mol. The summed E-state index contributed by atoms with van der Waals surface area (Å²) in [5, 5.41) is 3.03. The molecule has 1 aliphatic rings. The van der Waals surface area contributed by atoms with Crippen molar-refractivity contribution >= 4 is 17.5 Å². The number of unbranched alkanes of at least 4 members (excludes halogenated alkanes) is 3. The minimum Gasteiger partial charge on any atom is -0.374 e. The van der Waals surface area contributed by atoms with Crippen LogP contribution in [0.1, 0.15) is 46.5 Å². The Morgan fingerprint density at radius 3 is 2.33 bits per heavy atom. The fraction of sp³-hybridized carbons (Fsp3) is 0.929. The molecule has 0 radical (unpaired) electrons. The maximum Gasteiger partial charge on any atom is 0.226 e. The summed E-state index contributed by atoms with van der Waals surface area (Å²) >= 11 is 5.61. The molecule has 0 aromatic rings. The molecule has 1 N–H and O–H groups in total. The zero-order valence-corrected chi connectivity index (χ0v) is 12.5. The Labute approximate surface area is 116 Å². The maximum absolute atomic E-state index is 12.1. The van der Waals surface area contributed by atoms with Crippen molar-refractivity contribution in [3.8, 4) is 0 Å². The lowest BCUT2D eigenvalue weighted by Gasteiger charge is -2.17. The quantitative estimate of drug-likeness (QED) is 0.573. The van der Waals surface area contributed by atoms with Crippen LogP contribution in [0.3, 0.4) is 0 Å². The van der Waals surface area contributed by atoms with Crippen LogP contribution in [0.5, 0.6) is 0 Å². The zero-order chi connectivity index (χ0) is 13.5. The Balaban J connectivity index is 2.20. The standard InChI is InChI=1S/C14H26ClNO2/c1-10-11(2)18-12(3)13(10)14(17)16-9-7-5-4-6-8-15/h10-13H,4-9H2,1-3H3,(H,16,17). The first kappa shape index (κ1) is 15.8. The van der Waals surface area contributed by atoms with Gasteiger partial charge in [0.2, 0.25) is 5.91 Å². The molecule has 1 rings (SSSR count). The molecule has 3 nitrogen and oxygen atoms in total. The minimum atomic E-state index is 0.00263. The van der Waals surface area contributed by atoms with Crippen molar-refractivity contribution in [1.82, 2.24) is 5.32 Å². The molecule has 1 heterocycles. The topological polar surface area (TPSA) is 38.3 Å². The van der Waals surface area contributed by atoms with E-state index in [1.807, 2.05) is 13.8 Å². The van der Waals surface area contributed by atoms with Crippen LogP contribution < -0.4 is 5.32 Å². The van der Waals surface area contributed by atoms with E-state index in [0.717, 1.165) is 38.1 Å². The Bertz CT molecular complexity index is 260. The van der Waals surface area contributed by atoms with Gasteiger partial charge in [-0.1, -0.05) is 19.8 Å². The summed E-state index contributed by atoms with van der Waals surface area (Å²) in [6, 6.07) is 0. The molecule has 4 atom stereocenters. The van der Waals surface area contributed by atoms with Gasteiger partial charge in [0.15, 0.2) is 0 Å². The number of amides is 1. The molecule has 18 heavy (non-hydrogen) atoms. The van der Waals surface area contributed by atoms with Crippen LogP contribution in [0, 0.1) is 11.8 Å². The van der Waals surface area contributed by atoms with Gasteiger partial charge in [-0.15, -0.1) is 11.6 Å². The van der Waals surface area contributed by atoms with Crippen molar-refractivity contribution < 1.29 is 9.53 Å². The van der Waals surface area contributed by atoms with Crippen molar-refractivity contribution in [2.45, 2.75) is 58.7 Å². The fourth-order valence-electron chi connectivity index (χ4n) is 2.62. The predicted molar refractivity (Wildman–Crippen MR) is 74.9 cm³/mol. The molecule has 4 heteroatoms. The molecule has 0 bridgehead atoms. The predicted octanol–water partition coefficient (Wildman–Crippen LogP) is 2.96. The van der Waals surface area contributed by atoms with Gasteiger partial charge in [0.25, 0.3) is 0 Å². The van der Waals surface area contributed by atoms with E-state index in [4.69, 9.17) is 16.3 Å². The molecule has 1 fully saturated rings. The van der Waals surface area contributed by atoms with Gasteiger partial charge in [-0.3, -0.25) is 4.79 Å². The molecule has 0 aromatic heterocycles. The van der Waals surface area contributed by atoms with Crippen molar-refractivity contribution in [3.63, 3.8) is 0 Å². The van der Waals surface area contributed by atoms with Crippen LogP contribution in [-0.2, 0) is 9.53 Å². The molecule has 0 spiro atoms. The summed E-state index contributed by atoms with van der Waals surface area (Å²) in [7, 11) is 0. The highest BCUT2D eigenvalue weighted by molar-refractivity contribution is 6.17. The van der Waals surface area contributed by atoms with Crippen LogP contribution in [0.4, 0.5) is 0 Å². The van der Waals surface area contributed by atoms with E-state index >= 15 is 0 Å². The van der Waals surface area contributed by atoms with Gasteiger partial charge in [0.05, 0.1) is 18.1 Å². The molecule has 1 amide bonds. The smallest absolute Gasteiger partial charge is 0.226 e. The Hall–Kier alpha value is -0.280. The summed E-state index contributed by atoms with van der Waals surface area (Å²) in [5.41, 5.74) is 0. The van der Waals surface area contributed by atoms with Gasteiger partial charge in [-0.25, -0.2) is 0 Å². The van der Waals surface area contributed by atoms with Crippen LogP contribution in [0.2, 0.25) is 0 Å². The van der Waals surface area contributed by atoms with Crippen molar-refractivity contribution in [1.29, 1.82) is 0 Å². The van der Waals surface area contributed by atoms with Crippen LogP contribution >= 0.6 is 11.6 Å². The van der Waals surface area contributed by atoms with E-state index < -0.39 is 0 Å². The summed E-state index contributed by atoms with van der Waals surface area (Å²) in [4.78, 5) is 12.1. The first-order valence-corrected chi connectivity index (χ1v) is 7.60. The number of carbonyl (C=O) groups is 1. The number of rotatable bonds is 7. The van der Waals surface area contributed by atoms with Gasteiger partial charge >= 0.3 is 0 Å². The van der Waals surface area contributed by atoms with Crippen LogP contribution in [-0.4, -0.2) is 30.5 Å². The number of alkyl halides is 1. The maximum atomic E-state index is 12.1. The van der Waals surface area contributed by atoms with E-state index in [1.54, 1.807) is 0 Å². The molecular weight excluding hydrogens is 250 g/mol. The van der Waals surface area contributed by atoms with E-state index in [2.05, 4.69) is 12.2 Å². The zero-order valence-electron chi connectivity index (χ0n) is 11.7. The first-order chi connectivity index (χ1) is 8.57. The van der Waals surface area contributed by atoms with Crippen LogP contribution in [0.15, 0.2) is 0 Å². The number of hydrogen-bond acceptors (Lipinski definition) is 2. The third-order valence-corrected chi connectivity index (χ3v) is 4.17. The second-order valence-corrected chi connectivity index (χ2v) is 5.70. The minimum absolute atomic E-state index is 0.00263. The Morgan fingerprint density at radius 2 is 1.78 bits per heavy atom. The summed E-state index contributed by atoms with van der Waals surface area (Å²) in [5.74, 6) is 1.19. The van der Waals surface area contributed by atoms with E-state index in [1.165, 1.54) is 0 Å². The highest BCUT2D eigenvalue weighted by atomic mass is 35.5. The normalized spacial score (nSPS) is 31.6. The molecule has 0 aliphatic carbocycles. The van der Waals surface area contributed by atoms with Crippen molar-refractivity contribution in [2.24, 2.45) is 11.8 Å². The molecule has 0 saturated carbocycles. The van der Waals surface area contributed by atoms with E-state index in [-0.39, 0.29) is 24.0 Å². The molecule has 106 valence electrons. The molecular formula is C14H26ClNO2. The van der Waals surface area contributed by atoms with Gasteiger partial charge in [0, 0.05) is 12.4 Å². The van der Waals surface area contributed by atoms with Crippen molar-refractivity contribution in [2.75, 3.05) is 12.4 Å². The Kier molecular flexibility index (Phi) is 7.02. The third kappa shape index (κ3) is 4.43. The van der Waals surface area contributed by atoms with Gasteiger partial charge in [-0.2, -0.15) is 0 Å². The Morgan fingerprint density at radius 1 is 1.11 bits per heavy atom. The molecule has 4 unspecified atom stereocenters. The lowest BCUT2D eigenvalue weighted by atomic mass is 9.89. The lowest BCUT2D eigenvalue weighted by Crippen LogP contribution is -2.37. The average molecular weight is 276 g/mol. The highest BCUT2D eigenvalue weighted by Gasteiger charge is 2.41. The number of halogens is 1.